The van der Waals surface area contributed by atoms with Crippen LogP contribution in [0.25, 0.3) is 0 Å². The van der Waals surface area contributed by atoms with E-state index in [0.717, 1.165) is 0 Å². The fourth-order valence-electron chi connectivity index (χ4n) is 2.61. The summed E-state index contributed by atoms with van der Waals surface area (Å²) in [7, 11) is 0. The van der Waals surface area contributed by atoms with E-state index in [1.807, 2.05) is 0 Å². The van der Waals surface area contributed by atoms with Crippen molar-refractivity contribution >= 4 is 29.1 Å². The maximum Gasteiger partial charge on any atom is 0.263 e. The standard InChI is InChI=1S/C18H17ClN2O5/c1-18(2)7-13(23)17-12(22)5-11(6-14(17)26-18)25-9-16(24)21-15-4-3-10(19)8-20-15/h3-6,8,22H,7,9H2,1-2H3,(H,20,21,24). The molecule has 3 rings (SSSR count). The molecule has 1 amide bonds. The minimum atomic E-state index is -0.674. The number of aromatic hydroxyl groups is 1. The van der Waals surface area contributed by atoms with Crippen LogP contribution in [0.2, 0.25) is 5.02 Å². The van der Waals surface area contributed by atoms with Crippen LogP contribution < -0.4 is 14.8 Å². The second-order valence-electron chi connectivity index (χ2n) is 6.48. The normalized spacial score (nSPS) is 15.0. The van der Waals surface area contributed by atoms with Gasteiger partial charge in [-0.3, -0.25) is 9.59 Å². The van der Waals surface area contributed by atoms with Gasteiger partial charge in [0.2, 0.25) is 0 Å². The van der Waals surface area contributed by atoms with E-state index >= 15 is 0 Å². The van der Waals surface area contributed by atoms with Crippen LogP contribution >= 0.6 is 11.6 Å². The topological polar surface area (TPSA) is 97.8 Å². The van der Waals surface area contributed by atoms with Gasteiger partial charge in [-0.05, 0) is 26.0 Å². The number of fused-ring (bicyclic) bond motifs is 1. The molecule has 0 saturated carbocycles. The van der Waals surface area contributed by atoms with E-state index in [0.29, 0.717) is 10.8 Å². The molecule has 0 radical (unpaired) electrons. The molecule has 1 aliphatic heterocycles. The summed E-state index contributed by atoms with van der Waals surface area (Å²) in [5.74, 6) is -0.0852. The van der Waals surface area contributed by atoms with Gasteiger partial charge in [-0.25, -0.2) is 4.98 Å². The molecule has 0 atom stereocenters. The van der Waals surface area contributed by atoms with E-state index in [1.54, 1.807) is 26.0 Å². The Balaban J connectivity index is 1.69. The number of anilines is 1. The van der Waals surface area contributed by atoms with E-state index in [1.165, 1.54) is 18.3 Å². The first-order valence-corrected chi connectivity index (χ1v) is 8.25. The lowest BCUT2D eigenvalue weighted by Crippen LogP contribution is -2.35. The van der Waals surface area contributed by atoms with Gasteiger partial charge in [0.25, 0.3) is 5.91 Å². The van der Waals surface area contributed by atoms with Crippen molar-refractivity contribution in [3.05, 3.63) is 41.0 Å². The fourth-order valence-corrected chi connectivity index (χ4v) is 2.72. The van der Waals surface area contributed by atoms with Crippen molar-refractivity contribution in [1.82, 2.24) is 4.98 Å². The van der Waals surface area contributed by atoms with E-state index in [-0.39, 0.29) is 41.6 Å². The zero-order chi connectivity index (χ0) is 18.9. The summed E-state index contributed by atoms with van der Waals surface area (Å²) in [6, 6.07) is 5.93. The Morgan fingerprint density at radius 3 is 2.88 bits per heavy atom. The second-order valence-corrected chi connectivity index (χ2v) is 6.91. The average molecular weight is 377 g/mol. The van der Waals surface area contributed by atoms with Crippen LogP contribution in [0.1, 0.15) is 30.6 Å². The van der Waals surface area contributed by atoms with Crippen molar-refractivity contribution in [1.29, 1.82) is 0 Å². The minimum absolute atomic E-state index is 0.131. The number of nitrogens with zero attached hydrogens (tertiary/aromatic N) is 1. The third-order valence-corrected chi connectivity index (χ3v) is 3.89. The molecule has 0 saturated heterocycles. The summed E-state index contributed by atoms with van der Waals surface area (Å²) < 4.78 is 11.1. The molecule has 0 bridgehead atoms. The number of carbonyl (C=O) groups is 2. The Labute approximate surface area is 154 Å². The number of amides is 1. The summed E-state index contributed by atoms with van der Waals surface area (Å²) >= 11 is 5.73. The van der Waals surface area contributed by atoms with Crippen LogP contribution in [0.3, 0.4) is 0 Å². The number of aromatic nitrogens is 1. The molecular weight excluding hydrogens is 360 g/mol. The number of nitrogens with one attached hydrogen (secondary N) is 1. The van der Waals surface area contributed by atoms with Crippen LogP contribution in [-0.4, -0.2) is 34.0 Å². The first-order chi connectivity index (χ1) is 12.2. The molecule has 1 aromatic heterocycles. The fraction of sp³-hybridized carbons (Fsp3) is 0.278. The molecule has 0 unspecified atom stereocenters. The summed E-state index contributed by atoms with van der Waals surface area (Å²) in [6.45, 7) is 3.26. The smallest absolute Gasteiger partial charge is 0.263 e. The van der Waals surface area contributed by atoms with Crippen molar-refractivity contribution in [3.8, 4) is 17.2 Å². The number of ether oxygens (including phenoxy) is 2. The second kappa shape index (κ2) is 6.84. The predicted octanol–water partition coefficient (Wildman–Crippen LogP) is 3.20. The molecule has 2 N–H and O–H groups in total. The van der Waals surface area contributed by atoms with Crippen LogP contribution in [0, 0.1) is 0 Å². The van der Waals surface area contributed by atoms with Crippen LogP contribution in [0.5, 0.6) is 17.2 Å². The number of benzene rings is 1. The lowest BCUT2D eigenvalue weighted by Gasteiger charge is -2.32. The average Bonchev–Trinajstić information content (AvgIpc) is 2.53. The molecular formula is C18H17ClN2O5. The van der Waals surface area contributed by atoms with Gasteiger partial charge in [0.15, 0.2) is 12.4 Å². The van der Waals surface area contributed by atoms with Gasteiger partial charge in [-0.2, -0.15) is 0 Å². The lowest BCUT2D eigenvalue weighted by molar-refractivity contribution is -0.118. The minimum Gasteiger partial charge on any atom is -0.507 e. The van der Waals surface area contributed by atoms with Crippen LogP contribution in [-0.2, 0) is 4.79 Å². The number of ketones is 1. The van der Waals surface area contributed by atoms with Gasteiger partial charge in [0.05, 0.1) is 11.4 Å². The molecule has 2 aromatic rings. The first-order valence-electron chi connectivity index (χ1n) is 7.87. The maximum absolute atomic E-state index is 12.2. The highest BCUT2D eigenvalue weighted by Gasteiger charge is 2.35. The van der Waals surface area contributed by atoms with Gasteiger partial charge >= 0.3 is 0 Å². The number of phenolic OH excluding ortho intramolecular Hbond substituents is 1. The third kappa shape index (κ3) is 4.05. The zero-order valence-corrected chi connectivity index (χ0v) is 15.0. The number of Topliss-reactive ketones (excluding diaryl/α,β-unsaturated/α-hetero) is 1. The Morgan fingerprint density at radius 2 is 2.19 bits per heavy atom. The molecule has 7 nitrogen and oxygen atoms in total. The molecule has 0 spiro atoms. The summed E-state index contributed by atoms with van der Waals surface area (Å²) in [4.78, 5) is 28.1. The van der Waals surface area contributed by atoms with E-state index in [4.69, 9.17) is 21.1 Å². The van der Waals surface area contributed by atoms with Crippen LogP contribution in [0.4, 0.5) is 5.82 Å². The Kier molecular flexibility index (Phi) is 4.73. The maximum atomic E-state index is 12.2. The van der Waals surface area contributed by atoms with Crippen molar-refractivity contribution < 1.29 is 24.2 Å². The highest BCUT2D eigenvalue weighted by atomic mass is 35.5. The number of pyridine rings is 1. The van der Waals surface area contributed by atoms with Gasteiger partial charge in [0, 0.05) is 18.3 Å². The molecule has 136 valence electrons. The Hall–Kier alpha value is -2.80. The monoisotopic (exact) mass is 376 g/mol. The molecule has 26 heavy (non-hydrogen) atoms. The van der Waals surface area contributed by atoms with E-state index in [2.05, 4.69) is 10.3 Å². The Morgan fingerprint density at radius 1 is 1.42 bits per heavy atom. The molecule has 0 fully saturated rings. The zero-order valence-electron chi connectivity index (χ0n) is 14.2. The van der Waals surface area contributed by atoms with Gasteiger partial charge in [-0.1, -0.05) is 11.6 Å². The predicted molar refractivity (Wildman–Crippen MR) is 95.1 cm³/mol. The molecule has 8 heteroatoms. The number of halogens is 1. The van der Waals surface area contributed by atoms with Crippen LogP contribution in [0.15, 0.2) is 30.5 Å². The largest absolute Gasteiger partial charge is 0.507 e. The van der Waals surface area contributed by atoms with E-state index < -0.39 is 11.5 Å². The molecule has 1 aliphatic rings. The quantitative estimate of drug-likeness (QED) is 0.850. The molecule has 0 aliphatic carbocycles. The molecule has 1 aromatic carbocycles. The SMILES string of the molecule is CC1(C)CC(=O)c2c(O)cc(OCC(=O)Nc3ccc(Cl)cn3)cc2O1. The first kappa shape index (κ1) is 18.0. The number of rotatable bonds is 4. The van der Waals surface area contributed by atoms with Crippen molar-refractivity contribution in [2.45, 2.75) is 25.9 Å². The number of phenols is 1. The number of hydrogen-bond acceptors (Lipinski definition) is 6. The van der Waals surface area contributed by atoms with Crippen molar-refractivity contribution in [2.75, 3.05) is 11.9 Å². The Bertz CT molecular complexity index is 865. The lowest BCUT2D eigenvalue weighted by atomic mass is 9.92. The highest BCUT2D eigenvalue weighted by Crippen LogP contribution is 2.40. The van der Waals surface area contributed by atoms with Gasteiger partial charge in [-0.15, -0.1) is 0 Å². The molecule has 2 heterocycles. The van der Waals surface area contributed by atoms with Gasteiger partial charge in [0.1, 0.15) is 34.2 Å². The summed E-state index contributed by atoms with van der Waals surface area (Å²) in [5.41, 5.74) is -0.543. The number of hydrogen-bond donors (Lipinski definition) is 2. The number of carbonyl (C=O) groups excluding carboxylic acids is 2. The van der Waals surface area contributed by atoms with Crippen molar-refractivity contribution in [3.63, 3.8) is 0 Å². The van der Waals surface area contributed by atoms with E-state index in [9.17, 15) is 14.7 Å². The highest BCUT2D eigenvalue weighted by molar-refractivity contribution is 6.30. The van der Waals surface area contributed by atoms with Gasteiger partial charge < -0.3 is 19.9 Å². The third-order valence-electron chi connectivity index (χ3n) is 3.67. The van der Waals surface area contributed by atoms with Crippen molar-refractivity contribution in [2.24, 2.45) is 0 Å². The summed E-state index contributed by atoms with van der Waals surface area (Å²) in [6.07, 6.45) is 1.58. The summed E-state index contributed by atoms with van der Waals surface area (Å²) in [5, 5.41) is 13.1.